The van der Waals surface area contributed by atoms with E-state index in [1.807, 2.05) is 97.1 Å². The van der Waals surface area contributed by atoms with E-state index in [4.69, 9.17) is 18.6 Å². The Hall–Kier alpha value is -3.40. The number of methoxy groups -OCH3 is 3. The van der Waals surface area contributed by atoms with Crippen molar-refractivity contribution in [2.75, 3.05) is 21.3 Å². The molecule has 0 radical (unpaired) electrons. The number of rotatable bonds is 11. The first-order valence-corrected chi connectivity index (χ1v) is 20.3. The summed E-state index contributed by atoms with van der Waals surface area (Å²) in [4.78, 5) is 27.6. The summed E-state index contributed by atoms with van der Waals surface area (Å²) < 4.78 is 25.5. The summed E-state index contributed by atoms with van der Waals surface area (Å²) in [5.41, 5.74) is 3.53. The Morgan fingerprint density at radius 1 is 0.771 bits per heavy atom. The first-order valence-electron chi connectivity index (χ1n) is 15.8. The minimum absolute atomic E-state index is 0.0928. The van der Waals surface area contributed by atoms with Crippen LogP contribution < -0.4 is 4.74 Å². The molecule has 1 aliphatic rings. The van der Waals surface area contributed by atoms with Crippen LogP contribution in [0.15, 0.2) is 93.9 Å². The van der Waals surface area contributed by atoms with Crippen LogP contribution in [0.3, 0.4) is 0 Å². The molecule has 0 saturated heterocycles. The van der Waals surface area contributed by atoms with Gasteiger partial charge in [0.1, 0.15) is 11.5 Å². The van der Waals surface area contributed by atoms with Crippen LogP contribution >= 0.6 is 31.9 Å². The largest absolute Gasteiger partial charge is 0.543 e. The van der Waals surface area contributed by atoms with Crippen molar-refractivity contribution in [3.8, 4) is 5.75 Å². The van der Waals surface area contributed by atoms with Gasteiger partial charge < -0.3 is 18.6 Å². The lowest BCUT2D eigenvalue weighted by atomic mass is 9.67. The second kappa shape index (κ2) is 15.9. The first kappa shape index (κ1) is 37.4. The lowest BCUT2D eigenvalue weighted by molar-refractivity contribution is -0.148. The predicted molar refractivity (Wildman–Crippen MR) is 203 cm³/mol. The molecule has 0 spiro atoms. The van der Waals surface area contributed by atoms with Crippen LogP contribution in [0.25, 0.3) is 17.9 Å². The summed E-state index contributed by atoms with van der Waals surface area (Å²) in [5.74, 6) is -2.07. The Morgan fingerprint density at radius 3 is 1.75 bits per heavy atom. The van der Waals surface area contributed by atoms with Gasteiger partial charge in [0, 0.05) is 26.3 Å². The molecule has 48 heavy (non-hydrogen) atoms. The molecule has 6 nitrogen and oxygen atoms in total. The summed E-state index contributed by atoms with van der Waals surface area (Å²) in [6.07, 6.45) is 9.60. The number of benzene rings is 3. The quantitative estimate of drug-likeness (QED) is 0.142. The van der Waals surface area contributed by atoms with Crippen molar-refractivity contribution in [1.82, 2.24) is 0 Å². The zero-order valence-electron chi connectivity index (χ0n) is 28.8. The molecule has 9 heteroatoms. The summed E-state index contributed by atoms with van der Waals surface area (Å²) in [5, 5.41) is -0.0928. The molecule has 4 atom stereocenters. The van der Waals surface area contributed by atoms with Crippen molar-refractivity contribution in [2.24, 2.45) is 17.8 Å². The molecule has 3 aromatic rings. The van der Waals surface area contributed by atoms with E-state index in [0.29, 0.717) is 11.5 Å². The highest BCUT2D eigenvalue weighted by Crippen LogP contribution is 2.50. The highest BCUT2D eigenvalue weighted by Gasteiger charge is 2.46. The van der Waals surface area contributed by atoms with E-state index < -0.39 is 43.9 Å². The minimum atomic E-state index is -2.36. The number of carbonyl (C=O) groups is 2. The predicted octanol–water partition coefficient (Wildman–Crippen LogP) is 10.3. The van der Waals surface area contributed by atoms with Gasteiger partial charge in [-0.05, 0) is 77.3 Å². The molecule has 0 N–H and O–H groups in total. The fraction of sp³-hybridized carbons (Fsp3) is 0.333. The normalized spacial score (nSPS) is 17.8. The third-order valence-corrected chi connectivity index (χ3v) is 14.7. The van der Waals surface area contributed by atoms with Crippen LogP contribution in [0.2, 0.25) is 18.1 Å². The molecule has 3 aromatic carbocycles. The van der Waals surface area contributed by atoms with E-state index >= 15 is 0 Å². The first-order chi connectivity index (χ1) is 22.7. The third-order valence-electron chi connectivity index (χ3n) is 9.30. The molecule has 0 heterocycles. The van der Waals surface area contributed by atoms with E-state index in [0.717, 1.165) is 31.2 Å². The van der Waals surface area contributed by atoms with Gasteiger partial charge in [0.05, 0.1) is 33.2 Å². The number of allylic oxidation sites excluding steroid dienone is 1. The number of hydrogen-bond acceptors (Lipinski definition) is 6. The van der Waals surface area contributed by atoms with Gasteiger partial charge >= 0.3 is 11.9 Å². The molecule has 0 aliphatic heterocycles. The van der Waals surface area contributed by atoms with Crippen LogP contribution in [0.4, 0.5) is 0 Å². The third kappa shape index (κ3) is 8.78. The van der Waals surface area contributed by atoms with Crippen LogP contribution in [-0.2, 0) is 23.5 Å². The Labute approximate surface area is 302 Å². The Balaban J connectivity index is 1.99. The van der Waals surface area contributed by atoms with Gasteiger partial charge in [0.15, 0.2) is 0 Å². The second-order valence-electron chi connectivity index (χ2n) is 13.4. The van der Waals surface area contributed by atoms with Crippen molar-refractivity contribution in [3.05, 3.63) is 116 Å². The SMILES string of the molecule is COC(=O)[C@@H](/C=C/c1ccc(Br)cc1)[C@H]1C=C(O[Si](C)(C)C(C)(C)C)c2cc(OC)ccc2[C@@H]1[C@H](/C=C/c1ccc(Br)cc1)C(=O)OC. The molecule has 0 fully saturated rings. The molecule has 254 valence electrons. The second-order valence-corrected chi connectivity index (χ2v) is 19.9. The molecule has 0 bridgehead atoms. The van der Waals surface area contributed by atoms with E-state index in [-0.39, 0.29) is 5.04 Å². The van der Waals surface area contributed by atoms with Crippen molar-refractivity contribution in [3.63, 3.8) is 0 Å². The summed E-state index contributed by atoms with van der Waals surface area (Å²) in [6, 6.07) is 21.5. The van der Waals surface area contributed by atoms with Crippen LogP contribution in [-0.4, -0.2) is 41.6 Å². The zero-order valence-corrected chi connectivity index (χ0v) is 32.9. The molecule has 0 unspecified atom stereocenters. The van der Waals surface area contributed by atoms with Crippen LogP contribution in [0, 0.1) is 17.8 Å². The monoisotopic (exact) mass is 794 g/mol. The highest BCUT2D eigenvalue weighted by atomic mass is 79.9. The zero-order chi connectivity index (χ0) is 35.2. The molecule has 0 saturated carbocycles. The maximum absolute atomic E-state index is 13.8. The smallest absolute Gasteiger partial charge is 0.313 e. The number of fused-ring (bicyclic) bond motifs is 1. The number of ether oxygens (including phenoxy) is 3. The molecule has 1 aliphatic carbocycles. The molecule has 4 rings (SSSR count). The fourth-order valence-corrected chi connectivity index (χ4v) is 7.14. The Morgan fingerprint density at radius 2 is 1.27 bits per heavy atom. The summed E-state index contributed by atoms with van der Waals surface area (Å²) >= 11 is 6.99. The van der Waals surface area contributed by atoms with Crippen molar-refractivity contribution < 1.29 is 28.2 Å². The summed E-state index contributed by atoms with van der Waals surface area (Å²) in [6.45, 7) is 11.0. The van der Waals surface area contributed by atoms with E-state index in [1.165, 1.54) is 14.2 Å². The maximum atomic E-state index is 13.8. The van der Waals surface area contributed by atoms with Gasteiger partial charge in [0.2, 0.25) is 8.32 Å². The molecule has 0 aromatic heterocycles. The van der Waals surface area contributed by atoms with E-state index in [9.17, 15) is 9.59 Å². The molecule has 0 amide bonds. The average molecular weight is 797 g/mol. The minimum Gasteiger partial charge on any atom is -0.543 e. The van der Waals surface area contributed by atoms with Gasteiger partial charge in [-0.15, -0.1) is 0 Å². The van der Waals surface area contributed by atoms with Gasteiger partial charge in [-0.1, -0.05) is 107 Å². The highest BCUT2D eigenvalue weighted by molar-refractivity contribution is 9.10. The maximum Gasteiger partial charge on any atom is 0.313 e. The number of hydrogen-bond donors (Lipinski definition) is 0. The fourth-order valence-electron chi connectivity index (χ4n) is 5.58. The molecular formula is C39H44Br2O6Si. The average Bonchev–Trinajstić information content (AvgIpc) is 3.06. The number of esters is 2. The Bertz CT molecular complexity index is 1690. The Kier molecular flexibility index (Phi) is 12.4. The van der Waals surface area contributed by atoms with E-state index in [1.54, 1.807) is 7.11 Å². The van der Waals surface area contributed by atoms with Gasteiger partial charge in [0.25, 0.3) is 0 Å². The van der Waals surface area contributed by atoms with Gasteiger partial charge in [-0.2, -0.15) is 0 Å². The number of carbonyl (C=O) groups excluding carboxylic acids is 2. The van der Waals surface area contributed by atoms with Crippen molar-refractivity contribution in [2.45, 2.75) is 44.8 Å². The van der Waals surface area contributed by atoms with Crippen molar-refractivity contribution in [1.29, 1.82) is 0 Å². The molecular weight excluding hydrogens is 752 g/mol. The number of halogens is 2. The van der Waals surface area contributed by atoms with E-state index in [2.05, 4.69) is 65.7 Å². The standard InChI is InChI=1S/C39H44Br2O6Si/c1-39(2,3)48(7,8)47-35-24-34(31(37(42)45-5)20-13-25-9-15-27(40)16-10-25)36(30-22-19-29(44-4)23-33(30)35)32(38(43)46-6)21-14-26-11-17-28(41)18-12-26/h9-24,31-32,34,36H,1-8H3/b20-13+,21-14+/t31-,32-,34+,36+/m0/s1. The van der Waals surface area contributed by atoms with Gasteiger partial charge in [-0.25, -0.2) is 0 Å². The lowest BCUT2D eigenvalue weighted by Crippen LogP contribution is -2.42. The van der Waals surface area contributed by atoms with Gasteiger partial charge in [-0.3, -0.25) is 9.59 Å². The summed E-state index contributed by atoms with van der Waals surface area (Å²) in [7, 11) is 2.04. The topological polar surface area (TPSA) is 71.1 Å². The van der Waals surface area contributed by atoms with Crippen molar-refractivity contribution >= 4 is 70.0 Å². The van der Waals surface area contributed by atoms with Crippen LogP contribution in [0.5, 0.6) is 5.75 Å². The van der Waals surface area contributed by atoms with Crippen LogP contribution in [0.1, 0.15) is 48.9 Å². The lowest BCUT2D eigenvalue weighted by Gasteiger charge is -2.42.